The molecule has 6 heteroatoms. The first kappa shape index (κ1) is 26.3. The van der Waals surface area contributed by atoms with E-state index in [0.717, 1.165) is 25.7 Å². The lowest BCUT2D eigenvalue weighted by Gasteiger charge is -2.02. The van der Waals surface area contributed by atoms with E-state index in [1.165, 1.54) is 25.7 Å². The number of hydrogen-bond acceptors (Lipinski definition) is 3. The monoisotopic (exact) mass is 411 g/mol. The van der Waals surface area contributed by atoms with Crippen molar-refractivity contribution in [3.05, 3.63) is 48.6 Å². The quantitative estimate of drug-likeness (QED) is 0.197. The summed E-state index contributed by atoms with van der Waals surface area (Å²) in [6.07, 6.45) is 27.0. The summed E-state index contributed by atoms with van der Waals surface area (Å²) >= 11 is 0. The lowest BCUT2D eigenvalue weighted by Crippen LogP contribution is -2.28. The minimum atomic E-state index is -4.01. The van der Waals surface area contributed by atoms with Crippen molar-refractivity contribution >= 4 is 16.0 Å². The van der Waals surface area contributed by atoms with Crippen LogP contribution in [0.3, 0.4) is 0 Å². The Morgan fingerprint density at radius 2 is 1.32 bits per heavy atom. The van der Waals surface area contributed by atoms with Gasteiger partial charge in [-0.3, -0.25) is 9.35 Å². The number of nitrogens with one attached hydrogen (secondary N) is 1. The molecule has 0 aliphatic carbocycles. The zero-order valence-corrected chi connectivity index (χ0v) is 18.0. The summed E-state index contributed by atoms with van der Waals surface area (Å²) in [6.45, 7) is 2.17. The lowest BCUT2D eigenvalue weighted by atomic mass is 10.2. The Balaban J connectivity index is 3.53. The molecule has 0 radical (unpaired) electrons. The standard InChI is InChI=1S/C22H37NO4S/c1-2-3-4-5-6-7-8-9-10-11-12-13-14-15-16-17-18-19-22(24)23-20-21-28(25,26)27/h6-7,9-10,12-13,15-16H,2-5,8,11,14,17-21H2,1H3,(H,23,24)(H,25,26,27)/b7-6-,10-9-,13-12+,16-15-. The molecule has 5 nitrogen and oxygen atoms in total. The molecule has 0 aliphatic heterocycles. The largest absolute Gasteiger partial charge is 0.355 e. The van der Waals surface area contributed by atoms with Crippen molar-refractivity contribution in [2.24, 2.45) is 0 Å². The van der Waals surface area contributed by atoms with Crippen LogP contribution in [0.2, 0.25) is 0 Å². The van der Waals surface area contributed by atoms with E-state index in [-0.39, 0.29) is 12.5 Å². The van der Waals surface area contributed by atoms with Gasteiger partial charge in [0.25, 0.3) is 10.1 Å². The van der Waals surface area contributed by atoms with Gasteiger partial charge in [-0.15, -0.1) is 0 Å². The van der Waals surface area contributed by atoms with Gasteiger partial charge in [-0.2, -0.15) is 8.42 Å². The fourth-order valence-electron chi connectivity index (χ4n) is 2.35. The van der Waals surface area contributed by atoms with E-state index < -0.39 is 15.9 Å². The predicted molar refractivity (Wildman–Crippen MR) is 118 cm³/mol. The van der Waals surface area contributed by atoms with Gasteiger partial charge in [-0.05, 0) is 44.9 Å². The maximum Gasteiger partial charge on any atom is 0.266 e. The third kappa shape index (κ3) is 22.4. The molecule has 0 rings (SSSR count). The fraction of sp³-hybridized carbons (Fsp3) is 0.591. The van der Waals surface area contributed by atoms with Crippen LogP contribution in [0.25, 0.3) is 0 Å². The Bertz CT molecular complexity index is 604. The molecule has 160 valence electrons. The lowest BCUT2D eigenvalue weighted by molar-refractivity contribution is -0.121. The first-order valence-corrected chi connectivity index (χ1v) is 11.9. The van der Waals surface area contributed by atoms with E-state index in [1.807, 2.05) is 0 Å². The first-order valence-electron chi connectivity index (χ1n) is 10.3. The van der Waals surface area contributed by atoms with E-state index in [9.17, 15) is 13.2 Å². The highest BCUT2D eigenvalue weighted by molar-refractivity contribution is 7.85. The van der Waals surface area contributed by atoms with E-state index in [2.05, 4.69) is 60.8 Å². The third-order valence-electron chi connectivity index (χ3n) is 3.91. The van der Waals surface area contributed by atoms with Gasteiger partial charge in [0.1, 0.15) is 0 Å². The van der Waals surface area contributed by atoms with Crippen molar-refractivity contribution < 1.29 is 17.8 Å². The van der Waals surface area contributed by atoms with Crippen molar-refractivity contribution in [2.45, 2.75) is 71.1 Å². The highest BCUT2D eigenvalue weighted by Crippen LogP contribution is 2.01. The molecule has 0 fully saturated rings. The molecule has 0 heterocycles. The topological polar surface area (TPSA) is 83.5 Å². The molecule has 0 aromatic heterocycles. The summed E-state index contributed by atoms with van der Waals surface area (Å²) in [5, 5.41) is 2.47. The molecule has 0 unspecified atom stereocenters. The Labute approximate surface area is 171 Å². The molecule has 0 aromatic rings. The minimum absolute atomic E-state index is 0.0536. The second kappa shape index (κ2) is 18.7. The smallest absolute Gasteiger partial charge is 0.266 e. The number of carbonyl (C=O) groups excluding carboxylic acids is 1. The average Bonchev–Trinajstić information content (AvgIpc) is 2.63. The van der Waals surface area contributed by atoms with Crippen molar-refractivity contribution in [3.63, 3.8) is 0 Å². The van der Waals surface area contributed by atoms with Gasteiger partial charge >= 0.3 is 0 Å². The van der Waals surface area contributed by atoms with Crippen LogP contribution >= 0.6 is 0 Å². The summed E-state index contributed by atoms with van der Waals surface area (Å²) in [6, 6.07) is 0. The number of rotatable bonds is 17. The van der Waals surface area contributed by atoms with E-state index >= 15 is 0 Å². The van der Waals surface area contributed by atoms with Crippen LogP contribution in [-0.4, -0.2) is 31.2 Å². The van der Waals surface area contributed by atoms with Crippen LogP contribution in [0, 0.1) is 0 Å². The predicted octanol–water partition coefficient (Wildman–Crippen LogP) is 5.14. The molecule has 2 N–H and O–H groups in total. The number of allylic oxidation sites excluding steroid dienone is 8. The summed E-state index contributed by atoms with van der Waals surface area (Å²) in [5.74, 6) is -0.643. The highest BCUT2D eigenvalue weighted by atomic mass is 32.2. The molecule has 0 atom stereocenters. The van der Waals surface area contributed by atoms with Crippen molar-refractivity contribution in [1.29, 1.82) is 0 Å². The summed E-state index contributed by atoms with van der Waals surface area (Å²) in [7, 11) is -4.01. The maximum absolute atomic E-state index is 11.5. The molecule has 0 saturated carbocycles. The van der Waals surface area contributed by atoms with Crippen molar-refractivity contribution in [3.8, 4) is 0 Å². The van der Waals surface area contributed by atoms with Crippen LogP contribution in [0.5, 0.6) is 0 Å². The Morgan fingerprint density at radius 3 is 1.82 bits per heavy atom. The van der Waals surface area contributed by atoms with Gasteiger partial charge in [0.15, 0.2) is 0 Å². The second-order valence-corrected chi connectivity index (χ2v) is 8.19. The average molecular weight is 412 g/mol. The van der Waals surface area contributed by atoms with Crippen LogP contribution in [0.4, 0.5) is 0 Å². The molecular formula is C22H37NO4S. The molecule has 0 aromatic carbocycles. The number of amides is 1. The SMILES string of the molecule is CCCCC/C=C\C/C=C\C/C=C/C/C=C\CCCC(=O)NCCS(=O)(=O)O. The fourth-order valence-corrected chi connectivity index (χ4v) is 2.71. The van der Waals surface area contributed by atoms with E-state index in [0.29, 0.717) is 12.8 Å². The van der Waals surface area contributed by atoms with Gasteiger partial charge in [0.2, 0.25) is 5.91 Å². The normalized spacial score (nSPS) is 12.8. The number of unbranched alkanes of at least 4 members (excludes halogenated alkanes) is 4. The summed E-state index contributed by atoms with van der Waals surface area (Å²) < 4.78 is 29.6. The van der Waals surface area contributed by atoms with Crippen LogP contribution < -0.4 is 5.32 Å². The van der Waals surface area contributed by atoms with Crippen molar-refractivity contribution in [1.82, 2.24) is 5.32 Å². The minimum Gasteiger partial charge on any atom is -0.355 e. The highest BCUT2D eigenvalue weighted by Gasteiger charge is 2.05. The summed E-state index contributed by atoms with van der Waals surface area (Å²) in [4.78, 5) is 11.5. The molecular weight excluding hydrogens is 374 g/mol. The van der Waals surface area contributed by atoms with E-state index in [1.54, 1.807) is 0 Å². The number of carbonyl (C=O) groups is 1. The van der Waals surface area contributed by atoms with Gasteiger partial charge in [-0.1, -0.05) is 68.4 Å². The Hall–Kier alpha value is -1.66. The molecule has 1 amide bonds. The van der Waals surface area contributed by atoms with Gasteiger partial charge in [-0.25, -0.2) is 0 Å². The third-order valence-corrected chi connectivity index (χ3v) is 4.63. The van der Waals surface area contributed by atoms with Gasteiger partial charge < -0.3 is 5.32 Å². The van der Waals surface area contributed by atoms with Crippen molar-refractivity contribution in [2.75, 3.05) is 12.3 Å². The van der Waals surface area contributed by atoms with Crippen LogP contribution in [0.15, 0.2) is 48.6 Å². The van der Waals surface area contributed by atoms with Gasteiger partial charge in [0.05, 0.1) is 5.75 Å². The van der Waals surface area contributed by atoms with Crippen LogP contribution in [-0.2, 0) is 14.9 Å². The Morgan fingerprint density at radius 1 is 0.821 bits per heavy atom. The van der Waals surface area contributed by atoms with Crippen LogP contribution in [0.1, 0.15) is 71.1 Å². The zero-order valence-electron chi connectivity index (χ0n) is 17.2. The van der Waals surface area contributed by atoms with Gasteiger partial charge in [0, 0.05) is 13.0 Å². The molecule has 0 saturated heterocycles. The first-order chi connectivity index (χ1) is 13.5. The maximum atomic E-state index is 11.5. The molecule has 0 aliphatic rings. The van der Waals surface area contributed by atoms with E-state index in [4.69, 9.17) is 4.55 Å². The molecule has 28 heavy (non-hydrogen) atoms. The molecule has 0 bridgehead atoms. The Kier molecular flexibility index (Phi) is 17.6. The number of hydrogen-bond donors (Lipinski definition) is 2. The summed E-state index contributed by atoms with van der Waals surface area (Å²) in [5.41, 5.74) is 0. The molecule has 0 spiro atoms. The second-order valence-electron chi connectivity index (χ2n) is 6.62. The zero-order chi connectivity index (χ0) is 20.9.